The number of esters is 1. The Labute approximate surface area is 59.7 Å². The highest BCUT2D eigenvalue weighted by atomic mass is 16.7. The maximum absolute atomic E-state index is 10.6. The number of hydrogen-bond donors (Lipinski definition) is 0. The summed E-state index contributed by atoms with van der Waals surface area (Å²) in [5.41, 5.74) is 0. The predicted molar refractivity (Wildman–Crippen MR) is 34.2 cm³/mol. The van der Waals surface area contributed by atoms with Crippen molar-refractivity contribution in [1.29, 1.82) is 0 Å². The Kier molecular flexibility index (Phi) is 2.65. The monoisotopic (exact) mass is 145 g/mol. The Morgan fingerprint density at radius 3 is 3.20 bits per heavy atom. The van der Waals surface area contributed by atoms with Crippen LogP contribution in [0.1, 0.15) is 6.92 Å². The van der Waals surface area contributed by atoms with Crippen molar-refractivity contribution in [3.05, 3.63) is 0 Å². The molecule has 0 aromatic heterocycles. The maximum atomic E-state index is 10.6. The number of cyclic esters (lactones) is 1. The van der Waals surface area contributed by atoms with E-state index in [9.17, 15) is 4.79 Å². The molecule has 0 radical (unpaired) electrons. The first kappa shape index (κ1) is 7.50. The quantitative estimate of drug-likeness (QED) is 0.504. The van der Waals surface area contributed by atoms with Crippen LogP contribution in [0.15, 0.2) is 0 Å². The molecule has 1 aliphatic heterocycles. The molecule has 0 aromatic carbocycles. The molecule has 1 rings (SSSR count). The normalized spacial score (nSPS) is 20.7. The summed E-state index contributed by atoms with van der Waals surface area (Å²) < 4.78 is 4.69. The van der Waals surface area contributed by atoms with E-state index < -0.39 is 0 Å². The molecule has 0 aromatic rings. The zero-order chi connectivity index (χ0) is 7.40. The van der Waals surface area contributed by atoms with Gasteiger partial charge in [0.1, 0.15) is 13.2 Å². The van der Waals surface area contributed by atoms with Gasteiger partial charge in [0.15, 0.2) is 0 Å². The van der Waals surface area contributed by atoms with Crippen molar-refractivity contribution in [3.63, 3.8) is 0 Å². The number of nitrogens with zero attached hydrogens (tertiary/aromatic N) is 1. The van der Waals surface area contributed by atoms with E-state index >= 15 is 0 Å². The number of ether oxygens (including phenoxy) is 1. The van der Waals surface area contributed by atoms with Gasteiger partial charge in [-0.25, -0.2) is 0 Å². The molecule has 0 N–H and O–H groups in total. The van der Waals surface area contributed by atoms with Gasteiger partial charge in [-0.15, -0.1) is 0 Å². The van der Waals surface area contributed by atoms with E-state index in [1.54, 1.807) is 5.06 Å². The first-order valence-corrected chi connectivity index (χ1v) is 3.36. The highest BCUT2D eigenvalue weighted by Crippen LogP contribution is 1.97. The van der Waals surface area contributed by atoms with Gasteiger partial charge in [-0.1, -0.05) is 0 Å². The molecule has 0 unspecified atom stereocenters. The zero-order valence-corrected chi connectivity index (χ0v) is 6.00. The van der Waals surface area contributed by atoms with E-state index in [4.69, 9.17) is 9.57 Å². The van der Waals surface area contributed by atoms with E-state index in [2.05, 4.69) is 0 Å². The molecular weight excluding hydrogens is 134 g/mol. The lowest BCUT2D eigenvalue weighted by Crippen LogP contribution is -2.39. The van der Waals surface area contributed by atoms with E-state index in [1.807, 2.05) is 6.92 Å². The molecule has 0 amide bonds. The van der Waals surface area contributed by atoms with Crippen molar-refractivity contribution in [2.24, 2.45) is 0 Å². The van der Waals surface area contributed by atoms with Gasteiger partial charge in [0.25, 0.3) is 0 Å². The number of hydroxylamine groups is 2. The summed E-state index contributed by atoms with van der Waals surface area (Å²) in [6, 6.07) is 0. The molecule has 1 saturated heterocycles. The number of hydrogen-bond acceptors (Lipinski definition) is 4. The Hall–Kier alpha value is -0.610. The van der Waals surface area contributed by atoms with Crippen molar-refractivity contribution in [2.75, 3.05) is 26.3 Å². The van der Waals surface area contributed by atoms with E-state index in [1.165, 1.54) is 0 Å². The lowest BCUT2D eigenvalue weighted by molar-refractivity contribution is -0.199. The second-order valence-electron chi connectivity index (χ2n) is 2.00. The SMILES string of the molecule is CCON1CCOC(=O)C1. The van der Waals surface area contributed by atoms with Crippen molar-refractivity contribution in [3.8, 4) is 0 Å². The summed E-state index contributed by atoms with van der Waals surface area (Å²) in [5.74, 6) is -0.209. The van der Waals surface area contributed by atoms with Crippen LogP contribution in [-0.4, -0.2) is 37.3 Å². The summed E-state index contributed by atoms with van der Waals surface area (Å²) in [7, 11) is 0. The third kappa shape index (κ3) is 1.97. The molecule has 1 heterocycles. The molecule has 4 heteroatoms. The van der Waals surface area contributed by atoms with Gasteiger partial charge in [-0.05, 0) is 6.92 Å². The summed E-state index contributed by atoms with van der Waals surface area (Å²) in [4.78, 5) is 15.7. The third-order valence-electron chi connectivity index (χ3n) is 1.22. The molecule has 4 nitrogen and oxygen atoms in total. The number of rotatable bonds is 2. The fourth-order valence-corrected chi connectivity index (χ4v) is 0.823. The Bertz CT molecular complexity index is 124. The van der Waals surface area contributed by atoms with Gasteiger partial charge in [0, 0.05) is 0 Å². The van der Waals surface area contributed by atoms with Crippen LogP contribution in [0.4, 0.5) is 0 Å². The Balaban J connectivity index is 2.25. The average Bonchev–Trinajstić information content (AvgIpc) is 1.88. The topological polar surface area (TPSA) is 38.8 Å². The highest BCUT2D eigenvalue weighted by Gasteiger charge is 2.17. The minimum absolute atomic E-state index is 0.209. The molecule has 0 saturated carbocycles. The van der Waals surface area contributed by atoms with Crippen molar-refractivity contribution in [1.82, 2.24) is 5.06 Å². The molecular formula is C6H11NO3. The smallest absolute Gasteiger partial charge is 0.322 e. The average molecular weight is 145 g/mol. The maximum Gasteiger partial charge on any atom is 0.322 e. The number of carbonyl (C=O) groups is 1. The van der Waals surface area contributed by atoms with Gasteiger partial charge in [-0.3, -0.25) is 9.63 Å². The lowest BCUT2D eigenvalue weighted by atomic mass is 10.5. The van der Waals surface area contributed by atoms with Crippen LogP contribution in [0.5, 0.6) is 0 Å². The molecule has 0 atom stereocenters. The first-order chi connectivity index (χ1) is 4.83. The Morgan fingerprint density at radius 2 is 2.60 bits per heavy atom. The van der Waals surface area contributed by atoms with E-state index in [0.29, 0.717) is 19.8 Å². The van der Waals surface area contributed by atoms with Crippen LogP contribution < -0.4 is 0 Å². The molecule has 10 heavy (non-hydrogen) atoms. The summed E-state index contributed by atoms with van der Waals surface area (Å²) in [6.07, 6.45) is 0. The lowest BCUT2D eigenvalue weighted by Gasteiger charge is -2.23. The van der Waals surface area contributed by atoms with Crippen LogP contribution in [-0.2, 0) is 14.4 Å². The van der Waals surface area contributed by atoms with Crippen LogP contribution in [0.2, 0.25) is 0 Å². The van der Waals surface area contributed by atoms with Crippen molar-refractivity contribution >= 4 is 5.97 Å². The molecule has 58 valence electrons. The van der Waals surface area contributed by atoms with Crippen molar-refractivity contribution in [2.45, 2.75) is 6.92 Å². The largest absolute Gasteiger partial charge is 0.463 e. The number of morpholine rings is 1. The fourth-order valence-electron chi connectivity index (χ4n) is 0.823. The fraction of sp³-hybridized carbons (Fsp3) is 0.833. The molecule has 1 fully saturated rings. The van der Waals surface area contributed by atoms with E-state index in [0.717, 1.165) is 0 Å². The van der Waals surface area contributed by atoms with Gasteiger partial charge in [0.05, 0.1) is 13.2 Å². The van der Waals surface area contributed by atoms with Gasteiger partial charge in [0.2, 0.25) is 0 Å². The van der Waals surface area contributed by atoms with Gasteiger partial charge >= 0.3 is 5.97 Å². The highest BCUT2D eigenvalue weighted by molar-refractivity contribution is 5.72. The Morgan fingerprint density at radius 1 is 1.80 bits per heavy atom. The van der Waals surface area contributed by atoms with Crippen molar-refractivity contribution < 1.29 is 14.4 Å². The van der Waals surface area contributed by atoms with Crippen LogP contribution >= 0.6 is 0 Å². The molecule has 1 aliphatic rings. The van der Waals surface area contributed by atoms with Crippen LogP contribution in [0.25, 0.3) is 0 Å². The van der Waals surface area contributed by atoms with E-state index in [-0.39, 0.29) is 12.5 Å². The molecule has 0 aliphatic carbocycles. The second kappa shape index (κ2) is 3.53. The summed E-state index contributed by atoms with van der Waals surface area (Å²) in [5, 5.41) is 1.62. The minimum atomic E-state index is -0.209. The third-order valence-corrected chi connectivity index (χ3v) is 1.22. The molecule has 0 bridgehead atoms. The zero-order valence-electron chi connectivity index (χ0n) is 6.00. The number of carbonyl (C=O) groups excluding carboxylic acids is 1. The van der Waals surface area contributed by atoms with Gasteiger partial charge in [-0.2, -0.15) is 5.06 Å². The van der Waals surface area contributed by atoms with Crippen LogP contribution in [0, 0.1) is 0 Å². The minimum Gasteiger partial charge on any atom is -0.463 e. The standard InChI is InChI=1S/C6H11NO3/c1-2-10-7-3-4-9-6(8)5-7/h2-5H2,1H3. The summed E-state index contributed by atoms with van der Waals surface area (Å²) >= 11 is 0. The molecule has 0 spiro atoms. The summed E-state index contributed by atoms with van der Waals surface area (Å²) in [6.45, 7) is 3.87. The second-order valence-corrected chi connectivity index (χ2v) is 2.00. The van der Waals surface area contributed by atoms with Crippen LogP contribution in [0.3, 0.4) is 0 Å². The predicted octanol–water partition coefficient (Wildman–Crippen LogP) is -0.203. The van der Waals surface area contributed by atoms with Gasteiger partial charge < -0.3 is 4.74 Å². The first-order valence-electron chi connectivity index (χ1n) is 3.36.